The number of carboxylic acids is 1. The Balaban J connectivity index is 2.09. The minimum Gasteiger partial charge on any atom is -0.477 e. The van der Waals surface area contributed by atoms with Crippen molar-refractivity contribution in [3.05, 3.63) is 67.8 Å². The highest BCUT2D eigenvalue weighted by Crippen LogP contribution is 2.32. The summed E-state index contributed by atoms with van der Waals surface area (Å²) >= 11 is 0.955. The topological polar surface area (TPSA) is 71.7 Å². The minimum atomic E-state index is -4.84. The Morgan fingerprint density at radius 1 is 1.35 bits per heavy atom. The van der Waals surface area contributed by atoms with E-state index in [-0.39, 0.29) is 28.3 Å². The number of hydrogen-bond acceptors (Lipinski definition) is 4. The zero-order chi connectivity index (χ0) is 19.2. The van der Waals surface area contributed by atoms with Gasteiger partial charge in [-0.15, -0.1) is 11.3 Å². The first-order valence-corrected chi connectivity index (χ1v) is 8.01. The van der Waals surface area contributed by atoms with E-state index in [0.29, 0.717) is 10.9 Å². The van der Waals surface area contributed by atoms with Gasteiger partial charge in [0.2, 0.25) is 0 Å². The third kappa shape index (κ3) is 3.07. The summed E-state index contributed by atoms with van der Waals surface area (Å²) in [7, 11) is 0. The average molecular weight is 386 g/mol. The van der Waals surface area contributed by atoms with Crippen LogP contribution in [0.25, 0.3) is 4.96 Å². The highest BCUT2D eigenvalue weighted by Gasteiger charge is 2.34. The molecule has 136 valence electrons. The highest BCUT2D eigenvalue weighted by molar-refractivity contribution is 7.17. The van der Waals surface area contributed by atoms with Gasteiger partial charge in [-0.25, -0.2) is 18.6 Å². The van der Waals surface area contributed by atoms with Gasteiger partial charge in [0.05, 0.1) is 11.3 Å². The summed E-state index contributed by atoms with van der Waals surface area (Å²) in [5, 5.41) is 9.19. The fourth-order valence-corrected chi connectivity index (χ4v) is 3.58. The number of thiazole rings is 1. The van der Waals surface area contributed by atoms with Crippen LogP contribution in [0.4, 0.5) is 17.6 Å². The summed E-state index contributed by atoms with van der Waals surface area (Å²) in [5.41, 5.74) is -2.53. The zero-order valence-corrected chi connectivity index (χ0v) is 13.9. The number of carboxylic acid groups (broad SMARTS) is 1. The molecule has 0 saturated carbocycles. The Morgan fingerprint density at radius 2 is 2.04 bits per heavy atom. The van der Waals surface area contributed by atoms with Crippen LogP contribution in [-0.4, -0.2) is 20.5 Å². The molecule has 0 bridgehead atoms. The van der Waals surface area contributed by atoms with Crippen molar-refractivity contribution in [1.82, 2.24) is 9.38 Å². The van der Waals surface area contributed by atoms with E-state index in [2.05, 4.69) is 4.98 Å². The zero-order valence-electron chi connectivity index (χ0n) is 13.1. The number of benzene rings is 1. The van der Waals surface area contributed by atoms with Gasteiger partial charge in [0.25, 0.3) is 5.56 Å². The van der Waals surface area contributed by atoms with Crippen LogP contribution in [0, 0.1) is 12.7 Å². The first kappa shape index (κ1) is 18.1. The number of nitrogens with zero attached hydrogens (tertiary/aromatic N) is 2. The average Bonchev–Trinajstić information content (AvgIpc) is 2.85. The van der Waals surface area contributed by atoms with Gasteiger partial charge >= 0.3 is 12.1 Å². The number of alkyl halides is 3. The number of hydrogen-bond donors (Lipinski definition) is 1. The largest absolute Gasteiger partial charge is 0.477 e. The van der Waals surface area contributed by atoms with Crippen molar-refractivity contribution < 1.29 is 27.5 Å². The first-order valence-electron chi connectivity index (χ1n) is 7.19. The van der Waals surface area contributed by atoms with Gasteiger partial charge in [-0.3, -0.25) is 4.79 Å². The monoisotopic (exact) mass is 386 g/mol. The summed E-state index contributed by atoms with van der Waals surface area (Å²) in [6.45, 7) is 1.51. The molecule has 26 heavy (non-hydrogen) atoms. The maximum absolute atomic E-state index is 14.1. The van der Waals surface area contributed by atoms with Crippen molar-refractivity contribution in [1.29, 1.82) is 0 Å². The van der Waals surface area contributed by atoms with Crippen molar-refractivity contribution in [3.8, 4) is 0 Å². The number of carbonyl (C=O) groups is 1. The van der Waals surface area contributed by atoms with Gasteiger partial charge in [0.1, 0.15) is 11.5 Å². The Labute approximate surface area is 147 Å². The Hall–Kier alpha value is -2.75. The van der Waals surface area contributed by atoms with Crippen LogP contribution in [-0.2, 0) is 12.6 Å². The molecule has 3 aromatic rings. The Morgan fingerprint density at radius 3 is 2.65 bits per heavy atom. The van der Waals surface area contributed by atoms with E-state index in [4.69, 9.17) is 0 Å². The molecular formula is C16H10F4N2O3S. The van der Waals surface area contributed by atoms with Gasteiger partial charge in [-0.1, -0.05) is 12.1 Å². The Bertz CT molecular complexity index is 1090. The molecule has 0 aliphatic rings. The number of aromatic carboxylic acids is 1. The highest BCUT2D eigenvalue weighted by atomic mass is 32.1. The van der Waals surface area contributed by atoms with Crippen molar-refractivity contribution in [3.63, 3.8) is 0 Å². The van der Waals surface area contributed by atoms with Crippen molar-refractivity contribution in [2.24, 2.45) is 0 Å². The summed E-state index contributed by atoms with van der Waals surface area (Å²) in [4.78, 5) is 28.0. The van der Waals surface area contributed by atoms with Gasteiger partial charge in [0, 0.05) is 17.4 Å². The predicted molar refractivity (Wildman–Crippen MR) is 85.2 cm³/mol. The molecular weight excluding hydrogens is 376 g/mol. The van der Waals surface area contributed by atoms with Crippen molar-refractivity contribution in [2.75, 3.05) is 0 Å². The SMILES string of the molecule is Cc1sc2nc(Cc3cccc(C(F)(F)F)c3F)cc(=O)n2c1C(=O)O. The molecule has 0 spiro atoms. The molecule has 2 aromatic heterocycles. The molecule has 5 nitrogen and oxygen atoms in total. The molecule has 2 heterocycles. The summed E-state index contributed by atoms with van der Waals surface area (Å²) in [6, 6.07) is 3.87. The fourth-order valence-electron chi connectivity index (χ4n) is 2.59. The number of halogens is 4. The third-order valence-corrected chi connectivity index (χ3v) is 4.66. The van der Waals surface area contributed by atoms with E-state index in [0.717, 1.165) is 27.9 Å². The normalized spacial score (nSPS) is 11.9. The van der Waals surface area contributed by atoms with Crippen LogP contribution < -0.4 is 5.56 Å². The molecule has 0 fully saturated rings. The van der Waals surface area contributed by atoms with E-state index < -0.39 is 29.1 Å². The number of aryl methyl sites for hydroxylation is 1. The lowest BCUT2D eigenvalue weighted by Gasteiger charge is -2.11. The van der Waals surface area contributed by atoms with E-state index >= 15 is 0 Å². The number of rotatable bonds is 3. The lowest BCUT2D eigenvalue weighted by atomic mass is 10.0. The second-order valence-corrected chi connectivity index (χ2v) is 6.65. The van der Waals surface area contributed by atoms with Crippen LogP contribution in [0.2, 0.25) is 0 Å². The Kier molecular flexibility index (Phi) is 4.31. The molecule has 0 radical (unpaired) electrons. The number of aromatic nitrogens is 2. The van der Waals surface area contributed by atoms with Crippen LogP contribution >= 0.6 is 11.3 Å². The molecule has 1 N–H and O–H groups in total. The first-order chi connectivity index (χ1) is 12.1. The molecule has 0 aliphatic carbocycles. The summed E-state index contributed by atoms with van der Waals surface area (Å²) in [5.74, 6) is -2.72. The quantitative estimate of drug-likeness (QED) is 0.700. The van der Waals surface area contributed by atoms with Crippen LogP contribution in [0.5, 0.6) is 0 Å². The molecule has 0 atom stereocenters. The molecule has 0 saturated heterocycles. The summed E-state index contributed by atoms with van der Waals surface area (Å²) < 4.78 is 53.4. The number of fused-ring (bicyclic) bond motifs is 1. The molecule has 10 heteroatoms. The van der Waals surface area contributed by atoms with Crippen molar-refractivity contribution in [2.45, 2.75) is 19.5 Å². The maximum Gasteiger partial charge on any atom is 0.419 e. The van der Waals surface area contributed by atoms with Gasteiger partial charge in [0.15, 0.2) is 4.96 Å². The van der Waals surface area contributed by atoms with Crippen LogP contribution in [0.15, 0.2) is 29.1 Å². The van der Waals surface area contributed by atoms with Gasteiger partial charge in [-0.05, 0) is 18.6 Å². The van der Waals surface area contributed by atoms with Crippen LogP contribution in [0.1, 0.15) is 32.2 Å². The maximum atomic E-state index is 14.1. The minimum absolute atomic E-state index is 0.0476. The second kappa shape index (κ2) is 6.20. The van der Waals surface area contributed by atoms with E-state index in [1.165, 1.54) is 13.0 Å². The molecule has 0 aliphatic heterocycles. The van der Waals surface area contributed by atoms with Crippen LogP contribution in [0.3, 0.4) is 0 Å². The predicted octanol–water partition coefficient (Wildman–Crippen LogP) is 3.51. The third-order valence-electron chi connectivity index (χ3n) is 3.70. The summed E-state index contributed by atoms with van der Waals surface area (Å²) in [6.07, 6.45) is -5.17. The molecule has 3 rings (SSSR count). The molecule has 0 unspecified atom stereocenters. The lowest BCUT2D eigenvalue weighted by molar-refractivity contribution is -0.140. The van der Waals surface area contributed by atoms with Gasteiger partial charge < -0.3 is 5.11 Å². The van der Waals surface area contributed by atoms with Crippen molar-refractivity contribution >= 4 is 22.3 Å². The van der Waals surface area contributed by atoms with E-state index in [1.54, 1.807) is 0 Å². The van der Waals surface area contributed by atoms with E-state index in [9.17, 15) is 32.3 Å². The smallest absolute Gasteiger partial charge is 0.419 e. The molecule has 1 aromatic carbocycles. The fraction of sp³-hybridized carbons (Fsp3) is 0.188. The molecule has 0 amide bonds. The second-order valence-electron chi connectivity index (χ2n) is 5.47. The lowest BCUT2D eigenvalue weighted by Crippen LogP contribution is -2.19. The van der Waals surface area contributed by atoms with E-state index in [1.807, 2.05) is 0 Å². The standard InChI is InChI=1S/C16H10F4N2O3S/c1-7-13(14(24)25)22-11(23)6-9(21-15(22)26-7)5-8-3-2-4-10(12(8)17)16(18,19)20/h2-4,6H,5H2,1H3,(H,24,25). The van der Waals surface area contributed by atoms with Gasteiger partial charge in [-0.2, -0.15) is 13.2 Å².